The molecule has 154 valence electrons. The number of benzene rings is 2. The maximum atomic E-state index is 5.43. The van der Waals surface area contributed by atoms with E-state index in [1.807, 2.05) is 30.3 Å². The van der Waals surface area contributed by atoms with Gasteiger partial charge in [-0.25, -0.2) is 19.1 Å². The second kappa shape index (κ2) is 7.33. The molecule has 10 heteroatoms. The molecule has 0 amide bonds. The molecular formula is C21H18N8O2. The van der Waals surface area contributed by atoms with Crippen molar-refractivity contribution in [2.45, 2.75) is 0 Å². The number of morpholine rings is 1. The zero-order valence-corrected chi connectivity index (χ0v) is 16.5. The van der Waals surface area contributed by atoms with Gasteiger partial charge >= 0.3 is 0 Å². The summed E-state index contributed by atoms with van der Waals surface area (Å²) in [5.41, 5.74) is 5.81. The molecule has 0 saturated carbocycles. The van der Waals surface area contributed by atoms with Crippen LogP contribution in [-0.2, 0) is 4.74 Å². The Morgan fingerprint density at radius 2 is 1.74 bits per heavy atom. The highest BCUT2D eigenvalue weighted by atomic mass is 16.6. The van der Waals surface area contributed by atoms with Gasteiger partial charge in [-0.15, -0.1) is 0 Å². The predicted molar refractivity (Wildman–Crippen MR) is 114 cm³/mol. The maximum Gasteiger partial charge on any atom is 0.199 e. The largest absolute Gasteiger partial charge is 0.378 e. The first kappa shape index (κ1) is 17.8. The maximum absolute atomic E-state index is 5.43. The van der Waals surface area contributed by atoms with Crippen LogP contribution in [0.25, 0.3) is 27.9 Å². The number of rotatable bonds is 4. The van der Waals surface area contributed by atoms with Gasteiger partial charge in [0.15, 0.2) is 11.5 Å². The Kier molecular flexibility index (Phi) is 4.20. The topological polar surface area (TPSA) is 106 Å². The molecule has 1 saturated heterocycles. The molecule has 0 radical (unpaired) electrons. The van der Waals surface area contributed by atoms with Crippen LogP contribution in [0.2, 0.25) is 0 Å². The van der Waals surface area contributed by atoms with E-state index in [-0.39, 0.29) is 0 Å². The Morgan fingerprint density at radius 1 is 0.903 bits per heavy atom. The minimum atomic E-state index is 0.629. The van der Waals surface area contributed by atoms with E-state index in [0.717, 1.165) is 43.2 Å². The van der Waals surface area contributed by atoms with Gasteiger partial charge in [0.2, 0.25) is 0 Å². The first-order valence-corrected chi connectivity index (χ1v) is 9.96. The smallest absolute Gasteiger partial charge is 0.199 e. The van der Waals surface area contributed by atoms with Gasteiger partial charge in [0, 0.05) is 30.0 Å². The Balaban J connectivity index is 1.30. The highest BCUT2D eigenvalue weighted by Gasteiger charge is 2.14. The van der Waals surface area contributed by atoms with Crippen LogP contribution in [0.3, 0.4) is 0 Å². The third-order valence-electron chi connectivity index (χ3n) is 5.36. The second-order valence-electron chi connectivity index (χ2n) is 7.23. The third kappa shape index (κ3) is 3.22. The number of hydrogen-bond acceptors (Lipinski definition) is 9. The average Bonchev–Trinajstić information content (AvgIpc) is 3.50. The normalized spacial score (nSPS) is 14.4. The second-order valence-corrected chi connectivity index (χ2v) is 7.23. The van der Waals surface area contributed by atoms with E-state index in [0.29, 0.717) is 22.5 Å². The molecule has 0 spiro atoms. The highest BCUT2D eigenvalue weighted by molar-refractivity contribution is 5.81. The molecule has 3 aromatic heterocycles. The molecule has 1 aliphatic heterocycles. The summed E-state index contributed by atoms with van der Waals surface area (Å²) in [7, 11) is 0. The number of aromatic nitrogens is 6. The van der Waals surface area contributed by atoms with Gasteiger partial charge < -0.3 is 15.0 Å². The molecule has 0 bridgehead atoms. The lowest BCUT2D eigenvalue weighted by Crippen LogP contribution is -2.36. The molecule has 5 aromatic rings. The number of hydrogen-bond donors (Lipinski definition) is 1. The van der Waals surface area contributed by atoms with Crippen LogP contribution in [0.1, 0.15) is 0 Å². The Morgan fingerprint density at radius 3 is 2.61 bits per heavy atom. The molecule has 0 atom stereocenters. The van der Waals surface area contributed by atoms with Crippen molar-refractivity contribution in [1.82, 2.24) is 29.9 Å². The minimum absolute atomic E-state index is 0.629. The fourth-order valence-electron chi connectivity index (χ4n) is 3.76. The SMILES string of the molecule is c1nc2c(Nc3ccc(N4CCOCC4)cc3)ncc(-c3ccc4nonc4c3)n2n1. The number of ether oxygens (including phenoxy) is 1. The van der Waals surface area contributed by atoms with Crippen molar-refractivity contribution >= 4 is 33.9 Å². The monoisotopic (exact) mass is 414 g/mol. The molecule has 1 N–H and O–H groups in total. The first-order valence-electron chi connectivity index (χ1n) is 9.96. The molecule has 31 heavy (non-hydrogen) atoms. The van der Waals surface area contributed by atoms with Gasteiger partial charge in [-0.2, -0.15) is 5.10 Å². The lowest BCUT2D eigenvalue weighted by atomic mass is 10.1. The van der Waals surface area contributed by atoms with Crippen LogP contribution < -0.4 is 10.2 Å². The standard InChI is InChI=1S/C21H18N8O2/c1-6-17-18(27-31-26-17)11-14(1)19-12-22-20(21-23-13-24-29(19)21)25-15-2-4-16(5-3-15)28-7-9-30-10-8-28/h1-6,11-13H,7-10H2,(H,22,25). The molecule has 10 nitrogen and oxygen atoms in total. The number of nitrogens with one attached hydrogen (secondary N) is 1. The minimum Gasteiger partial charge on any atom is -0.378 e. The summed E-state index contributed by atoms with van der Waals surface area (Å²) in [5, 5.41) is 15.5. The lowest BCUT2D eigenvalue weighted by Gasteiger charge is -2.28. The van der Waals surface area contributed by atoms with Crippen molar-refractivity contribution in [3.63, 3.8) is 0 Å². The van der Waals surface area contributed by atoms with Crippen molar-refractivity contribution in [3.8, 4) is 11.3 Å². The quantitative estimate of drug-likeness (QED) is 0.475. The summed E-state index contributed by atoms with van der Waals surface area (Å²) in [4.78, 5) is 11.3. The van der Waals surface area contributed by atoms with Gasteiger partial charge in [0.05, 0.1) is 25.1 Å². The van der Waals surface area contributed by atoms with Crippen LogP contribution in [0.15, 0.2) is 59.6 Å². The van der Waals surface area contributed by atoms with Crippen LogP contribution in [-0.4, -0.2) is 56.2 Å². The fourth-order valence-corrected chi connectivity index (χ4v) is 3.76. The van der Waals surface area contributed by atoms with E-state index in [1.54, 1.807) is 10.7 Å². The Labute approximate surface area is 176 Å². The van der Waals surface area contributed by atoms with Crippen LogP contribution in [0.4, 0.5) is 17.2 Å². The number of fused-ring (bicyclic) bond motifs is 2. The average molecular weight is 414 g/mol. The summed E-state index contributed by atoms with van der Waals surface area (Å²) in [6.45, 7) is 3.35. The van der Waals surface area contributed by atoms with E-state index in [1.165, 1.54) is 12.0 Å². The van der Waals surface area contributed by atoms with Crippen molar-refractivity contribution in [3.05, 3.63) is 55.0 Å². The fraction of sp³-hybridized carbons (Fsp3) is 0.190. The van der Waals surface area contributed by atoms with E-state index in [2.05, 4.69) is 47.7 Å². The first-order chi connectivity index (χ1) is 15.3. The molecular weight excluding hydrogens is 396 g/mol. The summed E-state index contributed by atoms with van der Waals surface area (Å²) < 4.78 is 12.0. The van der Waals surface area contributed by atoms with E-state index < -0.39 is 0 Å². The summed E-state index contributed by atoms with van der Waals surface area (Å²) in [6, 6.07) is 14.0. The molecule has 1 fully saturated rings. The number of nitrogens with zero attached hydrogens (tertiary/aromatic N) is 7. The van der Waals surface area contributed by atoms with Crippen LogP contribution in [0.5, 0.6) is 0 Å². The molecule has 1 aliphatic rings. The molecule has 4 heterocycles. The van der Waals surface area contributed by atoms with Crippen molar-refractivity contribution in [2.75, 3.05) is 36.5 Å². The lowest BCUT2D eigenvalue weighted by molar-refractivity contribution is 0.122. The van der Waals surface area contributed by atoms with Crippen molar-refractivity contribution in [2.24, 2.45) is 0 Å². The Bertz CT molecular complexity index is 1360. The predicted octanol–water partition coefficient (Wildman–Crippen LogP) is 2.91. The van der Waals surface area contributed by atoms with Crippen LogP contribution in [0, 0.1) is 0 Å². The highest BCUT2D eigenvalue weighted by Crippen LogP contribution is 2.27. The van der Waals surface area contributed by atoms with E-state index in [4.69, 9.17) is 9.37 Å². The van der Waals surface area contributed by atoms with E-state index in [9.17, 15) is 0 Å². The van der Waals surface area contributed by atoms with Crippen molar-refractivity contribution in [1.29, 1.82) is 0 Å². The molecule has 0 aliphatic carbocycles. The van der Waals surface area contributed by atoms with Crippen molar-refractivity contribution < 1.29 is 9.37 Å². The summed E-state index contributed by atoms with van der Waals surface area (Å²) in [6.07, 6.45) is 3.28. The molecule has 0 unspecified atom stereocenters. The van der Waals surface area contributed by atoms with Gasteiger partial charge in [-0.05, 0) is 46.7 Å². The summed E-state index contributed by atoms with van der Waals surface area (Å²) >= 11 is 0. The van der Waals surface area contributed by atoms with Gasteiger partial charge in [-0.3, -0.25) is 0 Å². The Hall–Kier alpha value is -4.05. The number of anilines is 3. The van der Waals surface area contributed by atoms with Gasteiger partial charge in [-0.1, -0.05) is 6.07 Å². The summed E-state index contributed by atoms with van der Waals surface area (Å²) in [5.74, 6) is 0.629. The van der Waals surface area contributed by atoms with E-state index >= 15 is 0 Å². The van der Waals surface area contributed by atoms with Gasteiger partial charge in [0.25, 0.3) is 0 Å². The van der Waals surface area contributed by atoms with Gasteiger partial charge in [0.1, 0.15) is 17.4 Å². The third-order valence-corrected chi connectivity index (χ3v) is 5.36. The zero-order chi connectivity index (χ0) is 20.6. The van der Waals surface area contributed by atoms with Crippen LogP contribution >= 0.6 is 0 Å². The molecule has 6 rings (SSSR count). The zero-order valence-electron chi connectivity index (χ0n) is 16.5. The molecule has 2 aromatic carbocycles.